The van der Waals surface area contributed by atoms with Gasteiger partial charge < -0.3 is 14.8 Å². The van der Waals surface area contributed by atoms with Crippen molar-refractivity contribution in [2.75, 3.05) is 14.2 Å². The van der Waals surface area contributed by atoms with Gasteiger partial charge in [0.1, 0.15) is 17.3 Å². The first-order valence-electron chi connectivity index (χ1n) is 10.8. The number of rotatable bonds is 7. The first kappa shape index (κ1) is 21.7. The number of hydrogen-bond acceptors (Lipinski definition) is 5. The van der Waals surface area contributed by atoms with Gasteiger partial charge in [0.25, 0.3) is 0 Å². The summed E-state index contributed by atoms with van der Waals surface area (Å²) in [7, 11) is 3.22. The lowest BCUT2D eigenvalue weighted by Crippen LogP contribution is -2.36. The van der Waals surface area contributed by atoms with Gasteiger partial charge in [-0.25, -0.2) is 9.48 Å². The molecule has 0 saturated carbocycles. The maximum atomic E-state index is 12.9. The Morgan fingerprint density at radius 3 is 2.78 bits per heavy atom. The number of fused-ring (bicyclic) bond motifs is 1. The second-order valence-corrected chi connectivity index (χ2v) is 7.94. The quantitative estimate of drug-likeness (QED) is 0.613. The molecule has 0 fully saturated rings. The number of aryl methyl sites for hydroxylation is 1. The van der Waals surface area contributed by atoms with Crippen molar-refractivity contribution in [3.8, 4) is 11.5 Å². The highest BCUT2D eigenvalue weighted by molar-refractivity contribution is 5.79. The van der Waals surface area contributed by atoms with Crippen LogP contribution in [0.1, 0.15) is 29.8 Å². The summed E-state index contributed by atoms with van der Waals surface area (Å²) < 4.78 is 13.8. The lowest BCUT2D eigenvalue weighted by atomic mass is 10.1. The predicted molar refractivity (Wildman–Crippen MR) is 120 cm³/mol. The molecule has 1 N–H and O–H groups in total. The normalized spacial score (nSPS) is 15.5. The van der Waals surface area contributed by atoms with Crippen LogP contribution in [-0.2, 0) is 30.7 Å². The van der Waals surface area contributed by atoms with Crippen LogP contribution in [-0.4, -0.2) is 40.5 Å². The number of para-hydroxylation sites is 1. The summed E-state index contributed by atoms with van der Waals surface area (Å²) in [5.74, 6) is 2.18. The fourth-order valence-electron chi connectivity index (χ4n) is 4.12. The molecule has 2 aromatic carbocycles. The molecular weight excluding hydrogens is 408 g/mol. The van der Waals surface area contributed by atoms with E-state index >= 15 is 0 Å². The summed E-state index contributed by atoms with van der Waals surface area (Å²) in [6, 6.07) is 15.2. The summed E-state index contributed by atoms with van der Waals surface area (Å²) in [4.78, 5) is 25.5. The average Bonchev–Trinajstić information content (AvgIpc) is 2.96. The first-order valence-corrected chi connectivity index (χ1v) is 10.8. The number of carbonyl (C=O) groups is 1. The SMILES string of the molecule is COc1cccc(Cn2nc3n(c2=O)CCC(NC(=O)Cc2ccccc2OC)CC3)c1. The van der Waals surface area contributed by atoms with Gasteiger partial charge >= 0.3 is 5.69 Å². The van der Waals surface area contributed by atoms with Crippen LogP contribution in [0, 0.1) is 0 Å². The van der Waals surface area contributed by atoms with E-state index in [0.29, 0.717) is 31.7 Å². The molecule has 0 spiro atoms. The van der Waals surface area contributed by atoms with Crippen LogP contribution >= 0.6 is 0 Å². The highest BCUT2D eigenvalue weighted by Crippen LogP contribution is 2.19. The zero-order valence-electron chi connectivity index (χ0n) is 18.4. The molecule has 1 amide bonds. The minimum Gasteiger partial charge on any atom is -0.497 e. The van der Waals surface area contributed by atoms with Crippen molar-refractivity contribution in [3.63, 3.8) is 0 Å². The highest BCUT2D eigenvalue weighted by Gasteiger charge is 2.22. The van der Waals surface area contributed by atoms with E-state index < -0.39 is 0 Å². The Labute approximate surface area is 186 Å². The molecule has 0 saturated heterocycles. The van der Waals surface area contributed by atoms with Gasteiger partial charge in [-0.05, 0) is 36.6 Å². The predicted octanol–water partition coefficient (Wildman–Crippen LogP) is 2.17. The number of nitrogens with zero attached hydrogens (tertiary/aromatic N) is 3. The smallest absolute Gasteiger partial charge is 0.346 e. The molecule has 1 unspecified atom stereocenters. The molecule has 32 heavy (non-hydrogen) atoms. The van der Waals surface area contributed by atoms with E-state index in [9.17, 15) is 9.59 Å². The summed E-state index contributed by atoms with van der Waals surface area (Å²) in [6.45, 7) is 0.932. The Bertz CT molecular complexity index is 1150. The highest BCUT2D eigenvalue weighted by atomic mass is 16.5. The molecule has 168 valence electrons. The van der Waals surface area contributed by atoms with Crippen molar-refractivity contribution < 1.29 is 14.3 Å². The van der Waals surface area contributed by atoms with Gasteiger partial charge in [-0.15, -0.1) is 0 Å². The van der Waals surface area contributed by atoms with Crippen LogP contribution in [0.15, 0.2) is 53.3 Å². The number of aromatic nitrogens is 3. The molecule has 1 aliphatic rings. The maximum Gasteiger partial charge on any atom is 0.346 e. The summed E-state index contributed by atoms with van der Waals surface area (Å²) in [6.07, 6.45) is 2.33. The molecule has 0 bridgehead atoms. The minimum absolute atomic E-state index is 0.00476. The number of methoxy groups -OCH3 is 2. The van der Waals surface area contributed by atoms with Crippen LogP contribution in [0.4, 0.5) is 0 Å². The van der Waals surface area contributed by atoms with E-state index in [-0.39, 0.29) is 24.1 Å². The Morgan fingerprint density at radius 1 is 1.12 bits per heavy atom. The maximum absolute atomic E-state index is 12.9. The minimum atomic E-state index is -0.121. The second kappa shape index (κ2) is 9.72. The largest absolute Gasteiger partial charge is 0.497 e. The Kier molecular flexibility index (Phi) is 6.58. The van der Waals surface area contributed by atoms with Crippen LogP contribution in [0.3, 0.4) is 0 Å². The monoisotopic (exact) mass is 436 g/mol. The molecular formula is C24H28N4O4. The van der Waals surface area contributed by atoms with Crippen molar-refractivity contribution in [3.05, 3.63) is 76.0 Å². The van der Waals surface area contributed by atoms with Crippen LogP contribution < -0.4 is 20.5 Å². The molecule has 0 radical (unpaired) electrons. The van der Waals surface area contributed by atoms with Crippen LogP contribution in [0.2, 0.25) is 0 Å². The van der Waals surface area contributed by atoms with Crippen LogP contribution in [0.25, 0.3) is 0 Å². The lowest BCUT2D eigenvalue weighted by molar-refractivity contribution is -0.121. The number of carbonyl (C=O) groups excluding carboxylic acids is 1. The number of benzene rings is 2. The van der Waals surface area contributed by atoms with Gasteiger partial charge in [0.05, 0.1) is 27.2 Å². The third kappa shape index (κ3) is 4.85. The van der Waals surface area contributed by atoms with Crippen molar-refractivity contribution >= 4 is 5.91 Å². The van der Waals surface area contributed by atoms with E-state index in [0.717, 1.165) is 29.1 Å². The lowest BCUT2D eigenvalue weighted by Gasteiger charge is -2.16. The molecule has 4 rings (SSSR count). The second-order valence-electron chi connectivity index (χ2n) is 7.94. The van der Waals surface area contributed by atoms with E-state index in [1.165, 1.54) is 4.68 Å². The van der Waals surface area contributed by atoms with Crippen molar-refractivity contribution in [2.45, 2.75) is 44.8 Å². The van der Waals surface area contributed by atoms with E-state index in [2.05, 4.69) is 10.4 Å². The summed E-state index contributed by atoms with van der Waals surface area (Å²) >= 11 is 0. The molecule has 0 aliphatic carbocycles. The van der Waals surface area contributed by atoms with Crippen molar-refractivity contribution in [1.82, 2.24) is 19.7 Å². The fourth-order valence-corrected chi connectivity index (χ4v) is 4.12. The molecule has 8 heteroatoms. The van der Waals surface area contributed by atoms with E-state index in [1.807, 2.05) is 48.5 Å². The summed E-state index contributed by atoms with van der Waals surface area (Å²) in [5.41, 5.74) is 1.69. The van der Waals surface area contributed by atoms with Gasteiger partial charge in [0.2, 0.25) is 5.91 Å². The third-order valence-electron chi connectivity index (χ3n) is 5.79. The van der Waals surface area contributed by atoms with Gasteiger partial charge in [-0.1, -0.05) is 30.3 Å². The zero-order chi connectivity index (χ0) is 22.5. The van der Waals surface area contributed by atoms with Gasteiger partial charge in [-0.3, -0.25) is 9.36 Å². The molecule has 1 atom stereocenters. The van der Waals surface area contributed by atoms with E-state index in [1.54, 1.807) is 18.8 Å². The molecule has 1 aliphatic heterocycles. The molecule has 1 aromatic heterocycles. The third-order valence-corrected chi connectivity index (χ3v) is 5.79. The molecule has 8 nitrogen and oxygen atoms in total. The number of hydrogen-bond donors (Lipinski definition) is 1. The topological polar surface area (TPSA) is 87.4 Å². The average molecular weight is 437 g/mol. The first-order chi connectivity index (χ1) is 15.6. The van der Waals surface area contributed by atoms with Gasteiger partial charge in [0.15, 0.2) is 0 Å². The van der Waals surface area contributed by atoms with Gasteiger partial charge in [-0.2, -0.15) is 5.10 Å². The zero-order valence-corrected chi connectivity index (χ0v) is 18.4. The fraction of sp³-hybridized carbons (Fsp3) is 0.375. The summed E-state index contributed by atoms with van der Waals surface area (Å²) in [5, 5.41) is 7.67. The van der Waals surface area contributed by atoms with Crippen molar-refractivity contribution in [2.24, 2.45) is 0 Å². The Morgan fingerprint density at radius 2 is 1.97 bits per heavy atom. The van der Waals surface area contributed by atoms with Gasteiger partial charge in [0, 0.05) is 24.6 Å². The number of nitrogens with one attached hydrogen (secondary N) is 1. The Balaban J connectivity index is 1.38. The standard InChI is InChI=1S/C24H28N4O4/c1-31-20-8-5-6-17(14-20)16-28-24(30)27-13-12-19(10-11-22(27)26-28)25-23(29)15-18-7-3-4-9-21(18)32-2/h3-9,14,19H,10-13,15-16H2,1-2H3,(H,25,29). The Hall–Kier alpha value is -3.55. The van der Waals surface area contributed by atoms with Crippen LogP contribution in [0.5, 0.6) is 11.5 Å². The van der Waals surface area contributed by atoms with E-state index in [4.69, 9.17) is 9.47 Å². The molecule has 2 heterocycles. The van der Waals surface area contributed by atoms with Crippen molar-refractivity contribution in [1.29, 1.82) is 0 Å². The number of amides is 1. The number of ether oxygens (including phenoxy) is 2. The molecule has 3 aromatic rings.